The van der Waals surface area contributed by atoms with Crippen LogP contribution >= 0.6 is 0 Å². The fraction of sp³-hybridized carbons (Fsp3) is 1.00. The molecular formula is C16H32N2. The third-order valence-corrected chi connectivity index (χ3v) is 4.92. The zero-order valence-electron chi connectivity index (χ0n) is 12.3. The van der Waals surface area contributed by atoms with E-state index in [0.717, 1.165) is 12.0 Å². The Morgan fingerprint density at radius 3 is 2.33 bits per heavy atom. The molecule has 1 aliphatic carbocycles. The van der Waals surface area contributed by atoms with Crippen molar-refractivity contribution in [1.29, 1.82) is 0 Å². The van der Waals surface area contributed by atoms with Crippen LogP contribution in [-0.2, 0) is 0 Å². The van der Waals surface area contributed by atoms with Gasteiger partial charge in [0.2, 0.25) is 0 Å². The maximum absolute atomic E-state index is 3.78. The van der Waals surface area contributed by atoms with Crippen molar-refractivity contribution in [3.8, 4) is 0 Å². The van der Waals surface area contributed by atoms with Crippen molar-refractivity contribution < 1.29 is 0 Å². The highest BCUT2D eigenvalue weighted by atomic mass is 15.1. The molecule has 2 aliphatic rings. The molecular weight excluding hydrogens is 220 g/mol. The molecule has 0 aromatic heterocycles. The Kier molecular flexibility index (Phi) is 6.50. The largest absolute Gasteiger partial charge is 0.314 e. The van der Waals surface area contributed by atoms with Crippen molar-refractivity contribution in [3.05, 3.63) is 0 Å². The van der Waals surface area contributed by atoms with E-state index < -0.39 is 0 Å². The topological polar surface area (TPSA) is 15.3 Å². The maximum Gasteiger partial charge on any atom is 0.00670 e. The van der Waals surface area contributed by atoms with Crippen LogP contribution in [0.3, 0.4) is 0 Å². The number of likely N-dealkylation sites (tertiary alicyclic amines) is 1. The molecule has 1 saturated carbocycles. The molecule has 1 N–H and O–H groups in total. The van der Waals surface area contributed by atoms with Gasteiger partial charge in [-0.2, -0.15) is 0 Å². The first kappa shape index (κ1) is 14.3. The molecule has 0 amide bonds. The van der Waals surface area contributed by atoms with E-state index in [1.54, 1.807) is 0 Å². The van der Waals surface area contributed by atoms with Crippen LogP contribution in [0.1, 0.15) is 64.7 Å². The summed E-state index contributed by atoms with van der Waals surface area (Å²) >= 11 is 0. The first-order valence-corrected chi connectivity index (χ1v) is 8.32. The number of nitrogens with zero attached hydrogens (tertiary/aromatic N) is 1. The molecule has 1 heterocycles. The minimum Gasteiger partial charge on any atom is -0.314 e. The molecule has 2 fully saturated rings. The van der Waals surface area contributed by atoms with Gasteiger partial charge in [0, 0.05) is 6.04 Å². The quantitative estimate of drug-likeness (QED) is 0.575. The van der Waals surface area contributed by atoms with Crippen molar-refractivity contribution in [2.75, 3.05) is 26.2 Å². The summed E-state index contributed by atoms with van der Waals surface area (Å²) in [5.41, 5.74) is 0. The Morgan fingerprint density at radius 2 is 1.67 bits per heavy atom. The SMILES string of the molecule is C[C@@H](NCCCN1CCCC1)C1CCCCCC1. The molecule has 1 saturated heterocycles. The van der Waals surface area contributed by atoms with Gasteiger partial charge in [-0.05, 0) is 71.1 Å². The lowest BCUT2D eigenvalue weighted by Gasteiger charge is -2.24. The molecule has 1 aliphatic heterocycles. The minimum absolute atomic E-state index is 0.738. The predicted octanol–water partition coefficient (Wildman–Crippen LogP) is 3.42. The highest BCUT2D eigenvalue weighted by Gasteiger charge is 2.18. The van der Waals surface area contributed by atoms with E-state index >= 15 is 0 Å². The Labute approximate surface area is 114 Å². The molecule has 0 aromatic rings. The first-order chi connectivity index (χ1) is 8.86. The lowest BCUT2D eigenvalue weighted by Crippen LogP contribution is -2.35. The molecule has 0 unspecified atom stereocenters. The van der Waals surface area contributed by atoms with Crippen LogP contribution < -0.4 is 5.32 Å². The second kappa shape index (κ2) is 8.16. The average Bonchev–Trinajstić information content (AvgIpc) is 2.74. The monoisotopic (exact) mass is 252 g/mol. The van der Waals surface area contributed by atoms with Crippen LogP contribution in [0.15, 0.2) is 0 Å². The van der Waals surface area contributed by atoms with Gasteiger partial charge < -0.3 is 10.2 Å². The van der Waals surface area contributed by atoms with Crippen LogP contribution in [0.5, 0.6) is 0 Å². The van der Waals surface area contributed by atoms with Gasteiger partial charge in [-0.1, -0.05) is 25.7 Å². The molecule has 2 rings (SSSR count). The van der Waals surface area contributed by atoms with Crippen LogP contribution in [0.2, 0.25) is 0 Å². The van der Waals surface area contributed by atoms with Gasteiger partial charge in [0.15, 0.2) is 0 Å². The summed E-state index contributed by atoms with van der Waals surface area (Å²) in [6.45, 7) is 7.63. The van der Waals surface area contributed by atoms with Gasteiger partial charge in [0.1, 0.15) is 0 Å². The zero-order valence-corrected chi connectivity index (χ0v) is 12.3. The van der Waals surface area contributed by atoms with Crippen molar-refractivity contribution in [2.45, 2.75) is 70.8 Å². The molecule has 0 aromatic carbocycles. The van der Waals surface area contributed by atoms with Crippen LogP contribution in [0.25, 0.3) is 0 Å². The van der Waals surface area contributed by atoms with E-state index in [4.69, 9.17) is 0 Å². The summed E-state index contributed by atoms with van der Waals surface area (Å²) in [4.78, 5) is 2.62. The maximum atomic E-state index is 3.78. The Balaban J connectivity index is 1.54. The lowest BCUT2D eigenvalue weighted by molar-refractivity contribution is 0.307. The normalized spacial score (nSPS) is 25.2. The van der Waals surface area contributed by atoms with Gasteiger partial charge >= 0.3 is 0 Å². The molecule has 18 heavy (non-hydrogen) atoms. The van der Waals surface area contributed by atoms with Crippen molar-refractivity contribution in [3.63, 3.8) is 0 Å². The third-order valence-electron chi connectivity index (χ3n) is 4.92. The lowest BCUT2D eigenvalue weighted by atomic mass is 9.93. The standard InChI is InChI=1S/C16H32N2/c1-15(16-9-4-2-3-5-10-16)17-11-8-14-18-12-6-7-13-18/h15-17H,2-14H2,1H3/t15-/m1/s1. The van der Waals surface area contributed by atoms with E-state index in [2.05, 4.69) is 17.1 Å². The fourth-order valence-electron chi connectivity index (χ4n) is 3.62. The van der Waals surface area contributed by atoms with Gasteiger partial charge in [-0.15, -0.1) is 0 Å². The molecule has 2 nitrogen and oxygen atoms in total. The van der Waals surface area contributed by atoms with Crippen molar-refractivity contribution in [1.82, 2.24) is 10.2 Å². The molecule has 0 bridgehead atoms. The van der Waals surface area contributed by atoms with E-state index in [0.29, 0.717) is 0 Å². The minimum atomic E-state index is 0.738. The van der Waals surface area contributed by atoms with Gasteiger partial charge in [0.05, 0.1) is 0 Å². The summed E-state index contributed by atoms with van der Waals surface area (Å²) in [5, 5.41) is 3.78. The zero-order chi connectivity index (χ0) is 12.6. The Bertz CT molecular complexity index is 203. The van der Waals surface area contributed by atoms with E-state index in [1.807, 2.05) is 0 Å². The number of hydrogen-bond donors (Lipinski definition) is 1. The second-order valence-electron chi connectivity index (χ2n) is 6.40. The molecule has 106 valence electrons. The Hall–Kier alpha value is -0.0800. The van der Waals surface area contributed by atoms with Gasteiger partial charge in [-0.3, -0.25) is 0 Å². The van der Waals surface area contributed by atoms with E-state index in [-0.39, 0.29) is 0 Å². The second-order valence-corrected chi connectivity index (χ2v) is 6.40. The predicted molar refractivity (Wildman–Crippen MR) is 78.9 cm³/mol. The van der Waals surface area contributed by atoms with Gasteiger partial charge in [0.25, 0.3) is 0 Å². The summed E-state index contributed by atoms with van der Waals surface area (Å²) in [5.74, 6) is 0.944. The summed E-state index contributed by atoms with van der Waals surface area (Å²) in [6.07, 6.45) is 13.0. The van der Waals surface area contributed by atoms with Crippen LogP contribution in [0.4, 0.5) is 0 Å². The number of hydrogen-bond acceptors (Lipinski definition) is 2. The Morgan fingerprint density at radius 1 is 1.00 bits per heavy atom. The number of nitrogens with one attached hydrogen (secondary N) is 1. The highest BCUT2D eigenvalue weighted by molar-refractivity contribution is 4.75. The van der Waals surface area contributed by atoms with Crippen molar-refractivity contribution in [2.24, 2.45) is 5.92 Å². The molecule has 1 atom stereocenters. The van der Waals surface area contributed by atoms with Crippen molar-refractivity contribution >= 4 is 0 Å². The number of rotatable bonds is 6. The summed E-state index contributed by atoms with van der Waals surface area (Å²) < 4.78 is 0. The van der Waals surface area contributed by atoms with E-state index in [1.165, 1.54) is 84.0 Å². The summed E-state index contributed by atoms with van der Waals surface area (Å²) in [7, 11) is 0. The highest BCUT2D eigenvalue weighted by Crippen LogP contribution is 2.25. The average molecular weight is 252 g/mol. The van der Waals surface area contributed by atoms with Gasteiger partial charge in [-0.25, -0.2) is 0 Å². The molecule has 0 spiro atoms. The van der Waals surface area contributed by atoms with E-state index in [9.17, 15) is 0 Å². The summed E-state index contributed by atoms with van der Waals surface area (Å²) in [6, 6.07) is 0.738. The smallest absolute Gasteiger partial charge is 0.00670 e. The first-order valence-electron chi connectivity index (χ1n) is 8.32. The third kappa shape index (κ3) is 4.89. The van der Waals surface area contributed by atoms with Crippen LogP contribution in [-0.4, -0.2) is 37.1 Å². The fourth-order valence-corrected chi connectivity index (χ4v) is 3.62. The van der Waals surface area contributed by atoms with Crippen LogP contribution in [0, 0.1) is 5.92 Å². The molecule has 0 radical (unpaired) electrons. The molecule has 2 heteroatoms.